The normalized spacial score (nSPS) is 15.4. The van der Waals surface area contributed by atoms with Crippen LogP contribution in [0, 0.1) is 24.2 Å². The quantitative estimate of drug-likeness (QED) is 0.241. The number of rotatable bonds is 5. The Morgan fingerprint density at radius 2 is 1.74 bits per heavy atom. The van der Waals surface area contributed by atoms with Crippen LogP contribution in [0.15, 0.2) is 79.1 Å². The number of amides is 2. The van der Waals surface area contributed by atoms with Crippen LogP contribution in [0.25, 0.3) is 33.5 Å². The molecule has 2 aliphatic heterocycles. The summed E-state index contributed by atoms with van der Waals surface area (Å²) in [7, 11) is 0. The molecule has 2 aliphatic rings. The van der Waals surface area contributed by atoms with E-state index >= 15 is 0 Å². The molecule has 0 spiro atoms. The molecule has 2 aromatic heterocycles. The van der Waals surface area contributed by atoms with E-state index in [1.54, 1.807) is 6.33 Å². The number of aromatic amines is 1. The van der Waals surface area contributed by atoms with Crippen LogP contribution in [-0.2, 0) is 19.6 Å². The van der Waals surface area contributed by atoms with Crippen molar-refractivity contribution in [3.8, 4) is 28.6 Å². The highest BCUT2D eigenvalue weighted by atomic mass is 16.2. The molecule has 43 heavy (non-hydrogen) atoms. The van der Waals surface area contributed by atoms with Crippen molar-refractivity contribution in [3.63, 3.8) is 0 Å². The first-order valence-corrected chi connectivity index (χ1v) is 14.8. The van der Waals surface area contributed by atoms with E-state index in [9.17, 15) is 4.79 Å². The fourth-order valence-electron chi connectivity index (χ4n) is 6.28. The van der Waals surface area contributed by atoms with Crippen LogP contribution in [0.5, 0.6) is 0 Å². The standard InChI is InChI=1S/C35H33N7O/c1-23-29(7-4-8-31(23)40-35(43)42-20-27-5-2-3-6-28(27)21-42)33-30-17-32(39-34(30)38-22-37-33)26-11-9-25(10-12-26)19-41-15-13-24(18-36)14-16-41/h2-12,17,22,24H,13-16,19-21H2,1H3,(H,40,43)(H,37,38,39). The average molecular weight is 568 g/mol. The second-order valence-electron chi connectivity index (χ2n) is 11.6. The fourth-order valence-corrected chi connectivity index (χ4v) is 6.28. The molecule has 214 valence electrons. The molecule has 0 atom stereocenters. The molecule has 8 nitrogen and oxygen atoms in total. The molecule has 2 amide bonds. The highest BCUT2D eigenvalue weighted by Gasteiger charge is 2.24. The summed E-state index contributed by atoms with van der Waals surface area (Å²) in [4.78, 5) is 30.1. The smallest absolute Gasteiger partial charge is 0.322 e. The lowest BCUT2D eigenvalue weighted by Gasteiger charge is -2.29. The van der Waals surface area contributed by atoms with Gasteiger partial charge in [-0.15, -0.1) is 0 Å². The molecule has 0 aliphatic carbocycles. The highest BCUT2D eigenvalue weighted by Crippen LogP contribution is 2.34. The number of carbonyl (C=O) groups is 1. The Morgan fingerprint density at radius 1 is 1.00 bits per heavy atom. The molecule has 2 N–H and O–H groups in total. The van der Waals surface area contributed by atoms with Gasteiger partial charge in [-0.1, -0.05) is 60.7 Å². The van der Waals surface area contributed by atoms with Crippen molar-refractivity contribution in [1.82, 2.24) is 24.8 Å². The number of likely N-dealkylation sites (tertiary alicyclic amines) is 1. The SMILES string of the molecule is Cc1c(NC(=O)N2Cc3ccccc3C2)cccc1-c1ncnc2[nH]c(-c3ccc(CN4CCC(C#N)CC4)cc3)cc12. The zero-order valence-electron chi connectivity index (χ0n) is 24.2. The second-order valence-corrected chi connectivity index (χ2v) is 11.6. The molecule has 0 unspecified atom stereocenters. The van der Waals surface area contributed by atoms with Gasteiger partial charge in [0.25, 0.3) is 0 Å². The number of nitrogens with zero attached hydrogens (tertiary/aromatic N) is 5. The number of nitrogens with one attached hydrogen (secondary N) is 2. The Morgan fingerprint density at radius 3 is 2.47 bits per heavy atom. The van der Waals surface area contributed by atoms with E-state index in [0.717, 1.165) is 77.3 Å². The van der Waals surface area contributed by atoms with E-state index in [4.69, 9.17) is 5.26 Å². The number of anilines is 1. The number of H-pyrrole nitrogens is 1. The summed E-state index contributed by atoms with van der Waals surface area (Å²) < 4.78 is 0. The molecule has 0 bridgehead atoms. The molecule has 5 aromatic rings. The minimum absolute atomic E-state index is 0.108. The van der Waals surface area contributed by atoms with E-state index in [2.05, 4.69) is 73.7 Å². The van der Waals surface area contributed by atoms with Crippen LogP contribution < -0.4 is 5.32 Å². The van der Waals surface area contributed by atoms with E-state index < -0.39 is 0 Å². The highest BCUT2D eigenvalue weighted by molar-refractivity contribution is 5.97. The maximum atomic E-state index is 13.2. The van der Waals surface area contributed by atoms with Gasteiger partial charge in [-0.05, 0) is 72.8 Å². The fraction of sp³-hybridized carbons (Fsp3) is 0.257. The maximum Gasteiger partial charge on any atom is 0.322 e. The predicted octanol–water partition coefficient (Wildman–Crippen LogP) is 6.88. The number of piperidine rings is 1. The van der Waals surface area contributed by atoms with Crippen molar-refractivity contribution in [2.45, 2.75) is 39.4 Å². The summed E-state index contributed by atoms with van der Waals surface area (Å²) in [6.07, 6.45) is 3.49. The van der Waals surface area contributed by atoms with Crippen LogP contribution in [-0.4, -0.2) is 43.9 Å². The number of benzene rings is 3. The Labute approximate surface area is 251 Å². The Balaban J connectivity index is 1.10. The summed E-state index contributed by atoms with van der Waals surface area (Å²) in [5, 5.41) is 13.2. The minimum atomic E-state index is -0.108. The molecule has 0 radical (unpaired) electrons. The third-order valence-corrected chi connectivity index (χ3v) is 8.83. The number of hydrogen-bond donors (Lipinski definition) is 2. The van der Waals surface area contributed by atoms with Crippen molar-refractivity contribution in [3.05, 3.63) is 101 Å². The van der Waals surface area contributed by atoms with E-state index in [1.165, 1.54) is 16.7 Å². The predicted molar refractivity (Wildman–Crippen MR) is 168 cm³/mol. The molecule has 7 rings (SSSR count). The summed E-state index contributed by atoms with van der Waals surface area (Å²) in [5.41, 5.74) is 10.0. The lowest BCUT2D eigenvalue weighted by atomic mass is 9.98. The lowest BCUT2D eigenvalue weighted by molar-refractivity contribution is 0.198. The Kier molecular flexibility index (Phi) is 7.09. The summed E-state index contributed by atoms with van der Waals surface area (Å²) >= 11 is 0. The van der Waals surface area contributed by atoms with E-state index in [-0.39, 0.29) is 11.9 Å². The van der Waals surface area contributed by atoms with E-state index in [1.807, 2.05) is 42.2 Å². The number of aromatic nitrogens is 3. The Bertz CT molecular complexity index is 1820. The monoisotopic (exact) mass is 567 g/mol. The van der Waals surface area contributed by atoms with Gasteiger partial charge in [0.05, 0.1) is 11.8 Å². The minimum Gasteiger partial charge on any atom is -0.339 e. The first-order chi connectivity index (χ1) is 21.1. The number of hydrogen-bond acceptors (Lipinski definition) is 5. The van der Waals surface area contributed by atoms with Crippen molar-refractivity contribution in [2.75, 3.05) is 18.4 Å². The summed E-state index contributed by atoms with van der Waals surface area (Å²) in [6, 6.07) is 27.2. The van der Waals surface area contributed by atoms with E-state index in [0.29, 0.717) is 13.1 Å². The largest absolute Gasteiger partial charge is 0.339 e. The molecular formula is C35H33N7O. The maximum absolute atomic E-state index is 13.2. The van der Waals surface area contributed by atoms with Gasteiger partial charge in [-0.2, -0.15) is 5.26 Å². The van der Waals surface area contributed by atoms with Gasteiger partial charge in [0.2, 0.25) is 0 Å². The molecular weight excluding hydrogens is 534 g/mol. The van der Waals surface area contributed by atoms with Gasteiger partial charge >= 0.3 is 6.03 Å². The molecule has 1 saturated heterocycles. The van der Waals surface area contributed by atoms with Crippen LogP contribution in [0.1, 0.15) is 35.1 Å². The number of fused-ring (bicyclic) bond motifs is 2. The number of urea groups is 1. The van der Waals surface area contributed by atoms with Crippen molar-refractivity contribution < 1.29 is 4.79 Å². The number of carbonyl (C=O) groups excluding carboxylic acids is 1. The van der Waals surface area contributed by atoms with Gasteiger partial charge in [0.1, 0.15) is 12.0 Å². The zero-order valence-corrected chi connectivity index (χ0v) is 24.2. The molecule has 1 fully saturated rings. The van der Waals surface area contributed by atoms with Crippen molar-refractivity contribution in [2.24, 2.45) is 5.92 Å². The summed E-state index contributed by atoms with van der Waals surface area (Å²) in [5.74, 6) is 0.201. The van der Waals surface area contributed by atoms with Gasteiger partial charge < -0.3 is 15.2 Å². The average Bonchev–Trinajstić information content (AvgIpc) is 3.68. The number of nitriles is 1. The van der Waals surface area contributed by atoms with Crippen LogP contribution in [0.4, 0.5) is 10.5 Å². The molecule has 3 aromatic carbocycles. The molecule has 8 heteroatoms. The third-order valence-electron chi connectivity index (χ3n) is 8.83. The van der Waals surface area contributed by atoms with Crippen LogP contribution in [0.2, 0.25) is 0 Å². The Hall–Kier alpha value is -5.00. The molecule has 4 heterocycles. The van der Waals surface area contributed by atoms with Crippen molar-refractivity contribution in [1.29, 1.82) is 5.26 Å². The first-order valence-electron chi connectivity index (χ1n) is 14.8. The van der Waals surface area contributed by atoms with Gasteiger partial charge in [-0.25, -0.2) is 14.8 Å². The van der Waals surface area contributed by atoms with Crippen LogP contribution >= 0.6 is 0 Å². The first kappa shape index (κ1) is 26.9. The zero-order chi connectivity index (χ0) is 29.3. The lowest BCUT2D eigenvalue weighted by Crippen LogP contribution is -2.32. The van der Waals surface area contributed by atoms with Crippen molar-refractivity contribution >= 4 is 22.8 Å². The topological polar surface area (TPSA) is 101 Å². The molecule has 0 saturated carbocycles. The third kappa shape index (κ3) is 5.36. The van der Waals surface area contributed by atoms with Crippen LogP contribution in [0.3, 0.4) is 0 Å². The summed E-state index contributed by atoms with van der Waals surface area (Å²) in [6.45, 7) is 6.09. The second kappa shape index (κ2) is 11.3. The van der Waals surface area contributed by atoms with Gasteiger partial charge in [0, 0.05) is 47.9 Å². The van der Waals surface area contributed by atoms with Gasteiger partial charge in [0.15, 0.2) is 0 Å². The van der Waals surface area contributed by atoms with Gasteiger partial charge in [-0.3, -0.25) is 4.90 Å².